The molecule has 1 amide bonds. The third-order valence-corrected chi connectivity index (χ3v) is 9.54. The van der Waals surface area contributed by atoms with Gasteiger partial charge in [0.05, 0.1) is 40.1 Å². The van der Waals surface area contributed by atoms with Gasteiger partial charge in [-0.1, -0.05) is 63.4 Å². The van der Waals surface area contributed by atoms with Gasteiger partial charge in [-0.25, -0.2) is 33.7 Å². The molecule has 0 bridgehead atoms. The number of aromatic nitrogens is 4. The predicted molar refractivity (Wildman–Crippen MR) is 243 cm³/mol. The number of aromatic amines is 1. The van der Waals surface area contributed by atoms with Gasteiger partial charge >= 0.3 is 24.1 Å². The van der Waals surface area contributed by atoms with Crippen molar-refractivity contribution in [2.45, 2.75) is 117 Å². The van der Waals surface area contributed by atoms with Crippen molar-refractivity contribution >= 4 is 107 Å². The number of benzene rings is 2. The predicted octanol–water partition coefficient (Wildman–Crippen LogP) is 12.2. The van der Waals surface area contributed by atoms with Gasteiger partial charge in [0.25, 0.3) is 0 Å². The number of nitrogens with zero attached hydrogens (tertiary/aromatic N) is 4. The van der Waals surface area contributed by atoms with Gasteiger partial charge in [-0.2, -0.15) is 0 Å². The molecule has 326 valence electrons. The molecule has 0 spiro atoms. The SMILES string of the molecule is CC(C)(C)OC(=O)c1c(CBr)n(C(=O)OC(C)(C)C)c2c1ccc1cnc(Cl)cc12.CN(Cc1nc2c(ccc3c[nH]c(Cl)cc32)c1C(=O)OC(C)(C)C)C(=O)OC(C)(C)C. The fourth-order valence-corrected chi connectivity index (χ4v) is 7.25. The molecule has 2 aromatic carbocycles. The average molecular weight is 942 g/mol. The highest BCUT2D eigenvalue weighted by molar-refractivity contribution is 9.08. The fourth-order valence-electron chi connectivity index (χ4n) is 6.40. The second-order valence-electron chi connectivity index (χ2n) is 18.5. The van der Waals surface area contributed by atoms with Gasteiger partial charge in [0, 0.05) is 57.1 Å². The topological polar surface area (TPSA) is 155 Å². The first-order chi connectivity index (χ1) is 28.1. The normalized spacial score (nSPS) is 12.3. The van der Waals surface area contributed by atoms with E-state index < -0.39 is 46.5 Å². The number of H-pyrrole nitrogens is 1. The number of halogens is 3. The third-order valence-electron chi connectivity index (χ3n) is 8.59. The van der Waals surface area contributed by atoms with Gasteiger partial charge in [-0.05, 0) is 95.2 Å². The zero-order chi connectivity index (χ0) is 45.6. The summed E-state index contributed by atoms with van der Waals surface area (Å²) in [6.07, 6.45) is 2.32. The van der Waals surface area contributed by atoms with Gasteiger partial charge in [0.1, 0.15) is 32.7 Å². The van der Waals surface area contributed by atoms with Crippen LogP contribution in [0.4, 0.5) is 9.59 Å². The Hall–Kier alpha value is -4.92. The molecule has 16 heteroatoms. The van der Waals surface area contributed by atoms with Crippen molar-refractivity contribution in [2.24, 2.45) is 0 Å². The van der Waals surface area contributed by atoms with Crippen LogP contribution in [0.5, 0.6) is 0 Å². The van der Waals surface area contributed by atoms with Crippen LogP contribution in [0.3, 0.4) is 0 Å². The lowest BCUT2D eigenvalue weighted by atomic mass is 10.1. The van der Waals surface area contributed by atoms with Crippen LogP contribution in [0, 0.1) is 0 Å². The lowest BCUT2D eigenvalue weighted by molar-refractivity contribution is 0.00565. The minimum Gasteiger partial charge on any atom is -0.456 e. The smallest absolute Gasteiger partial charge is 0.419 e. The molecular formula is C45H52BrCl2N5O8. The van der Waals surface area contributed by atoms with Gasteiger partial charge in [0.15, 0.2) is 0 Å². The Bertz CT molecular complexity index is 2680. The summed E-state index contributed by atoms with van der Waals surface area (Å²) in [6.45, 7) is 21.7. The molecular weight excluding hydrogens is 889 g/mol. The number of hydrogen-bond acceptors (Lipinski definition) is 10. The lowest BCUT2D eigenvalue weighted by Crippen LogP contribution is -2.34. The Morgan fingerprint density at radius 2 is 1.28 bits per heavy atom. The van der Waals surface area contributed by atoms with Crippen molar-refractivity contribution < 1.29 is 38.1 Å². The second-order valence-corrected chi connectivity index (χ2v) is 19.8. The van der Waals surface area contributed by atoms with E-state index >= 15 is 0 Å². The maximum Gasteiger partial charge on any atom is 0.419 e. The maximum absolute atomic E-state index is 13.2. The first kappa shape index (κ1) is 47.1. The molecule has 4 heterocycles. The molecule has 61 heavy (non-hydrogen) atoms. The number of carbonyl (C=O) groups excluding carboxylic acids is 4. The van der Waals surface area contributed by atoms with Crippen LogP contribution in [0.15, 0.2) is 48.8 Å². The molecule has 0 saturated carbocycles. The largest absolute Gasteiger partial charge is 0.456 e. The number of rotatable bonds is 5. The van der Waals surface area contributed by atoms with Crippen molar-refractivity contribution in [3.05, 3.63) is 81.6 Å². The number of ether oxygens (including phenoxy) is 4. The van der Waals surface area contributed by atoms with E-state index in [9.17, 15) is 19.2 Å². The number of esters is 2. The van der Waals surface area contributed by atoms with Crippen LogP contribution in [-0.2, 0) is 30.8 Å². The summed E-state index contributed by atoms with van der Waals surface area (Å²) in [4.78, 5) is 65.1. The van der Waals surface area contributed by atoms with E-state index in [2.05, 4.69) is 25.9 Å². The molecule has 4 aromatic heterocycles. The Kier molecular flexibility index (Phi) is 13.5. The molecule has 6 aromatic rings. The summed E-state index contributed by atoms with van der Waals surface area (Å²) in [5.74, 6) is -1.00. The highest BCUT2D eigenvalue weighted by Gasteiger charge is 2.32. The van der Waals surface area contributed by atoms with E-state index in [4.69, 9.17) is 47.1 Å². The summed E-state index contributed by atoms with van der Waals surface area (Å²) in [5, 5.41) is 5.39. The van der Waals surface area contributed by atoms with Crippen LogP contribution < -0.4 is 0 Å². The van der Waals surface area contributed by atoms with E-state index in [0.29, 0.717) is 54.9 Å². The number of pyridine rings is 2. The molecule has 0 saturated heterocycles. The van der Waals surface area contributed by atoms with Crippen molar-refractivity contribution in [3.63, 3.8) is 0 Å². The zero-order valence-electron chi connectivity index (χ0n) is 36.7. The first-order valence-corrected chi connectivity index (χ1v) is 21.4. The number of alkyl halides is 1. The number of nitrogens with one attached hydrogen (secondary N) is 1. The molecule has 0 unspecified atom stereocenters. The molecule has 1 N–H and O–H groups in total. The number of fused-ring (bicyclic) bond motifs is 6. The Balaban J connectivity index is 0.000000231. The van der Waals surface area contributed by atoms with Crippen molar-refractivity contribution in [2.75, 3.05) is 7.05 Å². The van der Waals surface area contributed by atoms with E-state index in [1.54, 1.807) is 121 Å². The monoisotopic (exact) mass is 939 g/mol. The quantitative estimate of drug-likeness (QED) is 0.0764. The van der Waals surface area contributed by atoms with Gasteiger partial charge in [0.2, 0.25) is 0 Å². The van der Waals surface area contributed by atoms with Crippen LogP contribution in [-0.4, -0.2) is 78.0 Å². The van der Waals surface area contributed by atoms with Gasteiger partial charge in [-0.15, -0.1) is 0 Å². The number of hydrogen-bond donors (Lipinski definition) is 1. The molecule has 0 aliphatic heterocycles. The van der Waals surface area contributed by atoms with Gasteiger partial charge in [-0.3, -0.25) is 0 Å². The van der Waals surface area contributed by atoms with Crippen molar-refractivity contribution in [3.8, 4) is 0 Å². The summed E-state index contributed by atoms with van der Waals surface area (Å²) < 4.78 is 23.8. The highest BCUT2D eigenvalue weighted by Crippen LogP contribution is 2.37. The van der Waals surface area contributed by atoms with Crippen LogP contribution in [0.2, 0.25) is 10.3 Å². The third kappa shape index (κ3) is 11.3. The minimum atomic E-state index is -0.715. The summed E-state index contributed by atoms with van der Waals surface area (Å²) >= 11 is 15.7. The van der Waals surface area contributed by atoms with Crippen molar-refractivity contribution in [1.82, 2.24) is 24.4 Å². The Morgan fingerprint density at radius 3 is 1.85 bits per heavy atom. The van der Waals surface area contributed by atoms with E-state index in [-0.39, 0.29) is 17.0 Å². The standard InChI is InChI=1S/C23H28ClN3O4.C22H24BrClN2O4/c1-22(2,3)30-20(28)18-14-9-8-13-11-25-17(24)10-15(13)19(14)26-16(18)12-27(7)21(29)31-23(4,5)6;1-21(2,3)29-19(27)17-13-8-7-12-11-25-16(24)9-14(12)18(13)26(15(17)10-23)20(28)30-22(4,5)6/h8-11,25H,12H2,1-7H3;7-9,11H,10H2,1-6H3. The molecule has 13 nitrogen and oxygen atoms in total. The van der Waals surface area contributed by atoms with E-state index in [0.717, 1.165) is 16.2 Å². The zero-order valence-corrected chi connectivity index (χ0v) is 39.8. The Morgan fingerprint density at radius 1 is 0.721 bits per heavy atom. The highest BCUT2D eigenvalue weighted by atomic mass is 79.9. The van der Waals surface area contributed by atoms with E-state index in [1.165, 1.54) is 9.47 Å². The number of carbonyl (C=O) groups is 4. The van der Waals surface area contributed by atoms with Crippen molar-refractivity contribution in [1.29, 1.82) is 0 Å². The lowest BCUT2D eigenvalue weighted by Gasteiger charge is -2.24. The molecule has 0 radical (unpaired) electrons. The van der Waals surface area contributed by atoms with E-state index in [1.807, 2.05) is 18.2 Å². The molecule has 0 atom stereocenters. The summed E-state index contributed by atoms with van der Waals surface area (Å²) in [5.41, 5.74) is -0.00940. The molecule has 0 aliphatic carbocycles. The number of amides is 1. The van der Waals surface area contributed by atoms with Crippen LogP contribution in [0.25, 0.3) is 43.4 Å². The first-order valence-electron chi connectivity index (χ1n) is 19.5. The second kappa shape index (κ2) is 17.5. The molecule has 0 fully saturated rings. The minimum absolute atomic E-state index is 0.0896. The molecule has 0 aliphatic rings. The maximum atomic E-state index is 13.2. The summed E-state index contributed by atoms with van der Waals surface area (Å²) in [7, 11) is 1.61. The Labute approximate surface area is 373 Å². The average Bonchev–Trinajstić information content (AvgIpc) is 3.65. The van der Waals surface area contributed by atoms with Gasteiger partial charge < -0.3 is 28.8 Å². The fraction of sp³-hybridized carbons (Fsp3) is 0.422. The van der Waals surface area contributed by atoms with Crippen LogP contribution in [0.1, 0.15) is 115 Å². The molecule has 6 rings (SSSR count). The summed E-state index contributed by atoms with van der Waals surface area (Å²) in [6, 6.07) is 10.8. The van der Waals surface area contributed by atoms with Crippen LogP contribution >= 0.6 is 39.1 Å².